The Morgan fingerprint density at radius 3 is 2.73 bits per heavy atom. The Hall–Kier alpha value is -0.900. The van der Waals surface area contributed by atoms with E-state index in [1.807, 2.05) is 4.68 Å². The summed E-state index contributed by atoms with van der Waals surface area (Å²) in [7, 11) is 0. The number of aryl methyl sites for hydroxylation is 2. The van der Waals surface area contributed by atoms with E-state index >= 15 is 0 Å². The molecule has 0 aliphatic rings. The van der Waals surface area contributed by atoms with E-state index in [2.05, 4.69) is 24.2 Å². The Morgan fingerprint density at radius 1 is 1.27 bits per heavy atom. The van der Waals surface area contributed by atoms with Crippen molar-refractivity contribution >= 4 is 0 Å². The molecule has 15 heavy (non-hydrogen) atoms. The lowest BCUT2D eigenvalue weighted by Gasteiger charge is -2.02. The number of nitrogens with zero attached hydrogens (tertiary/aromatic N) is 3. The van der Waals surface area contributed by atoms with Gasteiger partial charge in [0, 0.05) is 13.2 Å². The van der Waals surface area contributed by atoms with Crippen LogP contribution in [0.15, 0.2) is 0 Å². The Kier molecular flexibility index (Phi) is 5.32. The fraction of sp³-hybridized carbons (Fsp3) is 0.818. The summed E-state index contributed by atoms with van der Waals surface area (Å²) in [4.78, 5) is 0. The average Bonchev–Trinajstić information content (AvgIpc) is 2.58. The van der Waals surface area contributed by atoms with Gasteiger partial charge < -0.3 is 5.11 Å². The third-order valence-corrected chi connectivity index (χ3v) is 2.62. The summed E-state index contributed by atoms with van der Waals surface area (Å²) >= 11 is 0. The average molecular weight is 211 g/mol. The molecule has 4 nitrogen and oxygen atoms in total. The Bertz CT molecular complexity index is 283. The molecular weight excluding hydrogens is 190 g/mol. The summed E-state index contributed by atoms with van der Waals surface area (Å²) in [6.07, 6.45) is 5.24. The molecule has 0 aliphatic carbocycles. The second-order valence-electron chi connectivity index (χ2n) is 3.88. The zero-order valence-corrected chi connectivity index (χ0v) is 9.74. The summed E-state index contributed by atoms with van der Waals surface area (Å²) in [5.41, 5.74) is 2.18. The molecule has 0 aliphatic heterocycles. The molecule has 0 atom stereocenters. The smallest absolute Gasteiger partial charge is 0.0857 e. The highest BCUT2D eigenvalue weighted by Gasteiger charge is 2.07. The Morgan fingerprint density at radius 2 is 2.07 bits per heavy atom. The molecule has 0 radical (unpaired) electrons. The van der Waals surface area contributed by atoms with E-state index in [0.29, 0.717) is 0 Å². The molecule has 0 unspecified atom stereocenters. The van der Waals surface area contributed by atoms with Crippen molar-refractivity contribution < 1.29 is 5.11 Å². The summed E-state index contributed by atoms with van der Waals surface area (Å²) in [5, 5.41) is 17.0. The van der Waals surface area contributed by atoms with Crippen LogP contribution in [0, 0.1) is 6.92 Å². The highest BCUT2D eigenvalue weighted by Crippen LogP contribution is 2.07. The predicted molar refractivity (Wildman–Crippen MR) is 59.7 cm³/mol. The van der Waals surface area contributed by atoms with E-state index in [0.717, 1.165) is 30.8 Å². The topological polar surface area (TPSA) is 50.9 Å². The van der Waals surface area contributed by atoms with Crippen molar-refractivity contribution in [3.63, 3.8) is 0 Å². The van der Waals surface area contributed by atoms with Crippen molar-refractivity contribution in [1.82, 2.24) is 15.0 Å². The van der Waals surface area contributed by atoms with Gasteiger partial charge in [-0.2, -0.15) is 0 Å². The quantitative estimate of drug-likeness (QED) is 0.698. The van der Waals surface area contributed by atoms with Crippen LogP contribution < -0.4 is 0 Å². The lowest BCUT2D eigenvalue weighted by Crippen LogP contribution is -2.03. The van der Waals surface area contributed by atoms with Crippen LogP contribution in [-0.4, -0.2) is 26.7 Å². The minimum Gasteiger partial charge on any atom is -0.396 e. The van der Waals surface area contributed by atoms with Crippen LogP contribution in [0.4, 0.5) is 0 Å². The Balaban J connectivity index is 2.47. The first-order chi connectivity index (χ1) is 7.29. The number of unbranched alkanes of at least 4 members (excludes halogenated alkanes) is 2. The first-order valence-electron chi connectivity index (χ1n) is 5.79. The molecule has 4 heteroatoms. The fourth-order valence-electron chi connectivity index (χ4n) is 1.60. The lowest BCUT2D eigenvalue weighted by molar-refractivity contribution is 0.288. The molecule has 0 fully saturated rings. The third-order valence-electron chi connectivity index (χ3n) is 2.62. The highest BCUT2D eigenvalue weighted by atomic mass is 16.2. The van der Waals surface area contributed by atoms with E-state index < -0.39 is 0 Å². The molecule has 1 aromatic rings. The molecule has 0 spiro atoms. The van der Waals surface area contributed by atoms with Crippen LogP contribution in [0.5, 0.6) is 0 Å². The molecule has 0 bridgehead atoms. The molecule has 1 heterocycles. The molecule has 0 saturated carbocycles. The summed E-state index contributed by atoms with van der Waals surface area (Å²) in [6, 6.07) is 0. The van der Waals surface area contributed by atoms with Gasteiger partial charge in [-0.15, -0.1) is 5.10 Å². The van der Waals surface area contributed by atoms with E-state index in [1.54, 1.807) is 0 Å². The van der Waals surface area contributed by atoms with Crippen LogP contribution in [0.25, 0.3) is 0 Å². The van der Waals surface area contributed by atoms with Gasteiger partial charge in [0.25, 0.3) is 0 Å². The minimum atomic E-state index is 0.224. The monoisotopic (exact) mass is 211 g/mol. The van der Waals surface area contributed by atoms with Gasteiger partial charge in [-0.3, -0.25) is 0 Å². The van der Waals surface area contributed by atoms with Gasteiger partial charge in [0.15, 0.2) is 0 Å². The Labute approximate surface area is 91.3 Å². The second-order valence-corrected chi connectivity index (χ2v) is 3.88. The van der Waals surface area contributed by atoms with Crippen molar-refractivity contribution in [2.45, 2.75) is 52.5 Å². The number of aliphatic hydroxyl groups is 1. The number of aliphatic hydroxyl groups excluding tert-OH is 1. The van der Waals surface area contributed by atoms with Crippen molar-refractivity contribution in [3.05, 3.63) is 11.4 Å². The summed E-state index contributed by atoms with van der Waals surface area (Å²) in [6.45, 7) is 5.44. The SMILES string of the molecule is CCCCCn1nnc(CCCO)c1C. The van der Waals surface area contributed by atoms with Crippen LogP contribution in [0.3, 0.4) is 0 Å². The fourth-order valence-corrected chi connectivity index (χ4v) is 1.60. The van der Waals surface area contributed by atoms with Gasteiger partial charge in [0.05, 0.1) is 11.4 Å². The first-order valence-corrected chi connectivity index (χ1v) is 5.79. The highest BCUT2D eigenvalue weighted by molar-refractivity contribution is 5.07. The molecule has 1 aromatic heterocycles. The van der Waals surface area contributed by atoms with Crippen molar-refractivity contribution in [2.24, 2.45) is 0 Å². The molecule has 0 amide bonds. The third kappa shape index (κ3) is 3.63. The predicted octanol–water partition coefficient (Wildman–Crippen LogP) is 1.70. The molecule has 1 rings (SSSR count). The molecular formula is C11H21N3O. The minimum absolute atomic E-state index is 0.224. The molecule has 0 aromatic carbocycles. The van der Waals surface area contributed by atoms with Crippen LogP contribution in [0.2, 0.25) is 0 Å². The van der Waals surface area contributed by atoms with Crippen molar-refractivity contribution in [3.8, 4) is 0 Å². The summed E-state index contributed by atoms with van der Waals surface area (Å²) < 4.78 is 1.97. The van der Waals surface area contributed by atoms with Gasteiger partial charge in [-0.25, -0.2) is 4.68 Å². The molecule has 1 N–H and O–H groups in total. The largest absolute Gasteiger partial charge is 0.396 e. The van der Waals surface area contributed by atoms with Gasteiger partial charge in [0.1, 0.15) is 0 Å². The number of rotatable bonds is 7. The van der Waals surface area contributed by atoms with Crippen LogP contribution in [0.1, 0.15) is 44.0 Å². The maximum absolute atomic E-state index is 8.74. The standard InChI is InChI=1S/C11H21N3O/c1-3-4-5-8-14-10(2)11(12-13-14)7-6-9-15/h15H,3-9H2,1-2H3. The lowest BCUT2D eigenvalue weighted by atomic mass is 10.2. The number of hydrogen-bond donors (Lipinski definition) is 1. The maximum atomic E-state index is 8.74. The van der Waals surface area contributed by atoms with E-state index in [1.165, 1.54) is 19.3 Å². The van der Waals surface area contributed by atoms with Gasteiger partial charge in [0.2, 0.25) is 0 Å². The first kappa shape index (κ1) is 12.2. The van der Waals surface area contributed by atoms with Crippen LogP contribution >= 0.6 is 0 Å². The van der Waals surface area contributed by atoms with Crippen molar-refractivity contribution in [1.29, 1.82) is 0 Å². The van der Waals surface area contributed by atoms with E-state index in [9.17, 15) is 0 Å². The van der Waals surface area contributed by atoms with Gasteiger partial charge >= 0.3 is 0 Å². The maximum Gasteiger partial charge on any atom is 0.0857 e. The second kappa shape index (κ2) is 6.56. The zero-order valence-electron chi connectivity index (χ0n) is 9.74. The van der Waals surface area contributed by atoms with Gasteiger partial charge in [-0.1, -0.05) is 25.0 Å². The van der Waals surface area contributed by atoms with E-state index in [4.69, 9.17) is 5.11 Å². The molecule has 0 saturated heterocycles. The van der Waals surface area contributed by atoms with Crippen LogP contribution in [-0.2, 0) is 13.0 Å². The van der Waals surface area contributed by atoms with Crippen molar-refractivity contribution in [2.75, 3.05) is 6.61 Å². The van der Waals surface area contributed by atoms with E-state index in [-0.39, 0.29) is 6.61 Å². The molecule has 86 valence electrons. The number of aromatic nitrogens is 3. The summed E-state index contributed by atoms with van der Waals surface area (Å²) in [5.74, 6) is 0. The zero-order chi connectivity index (χ0) is 11.1. The number of hydrogen-bond acceptors (Lipinski definition) is 3. The normalized spacial score (nSPS) is 10.9. The van der Waals surface area contributed by atoms with Gasteiger partial charge in [-0.05, 0) is 26.2 Å².